The Labute approximate surface area is 100 Å². The lowest BCUT2D eigenvalue weighted by atomic mass is 9.97. The standard InChI is InChI=1S/C11H11N3O4/c15-9-7(11(17)18)8-12-6-4-2-1-3-5(6)10(16)14(8)13-9/h12H,1-4H2,(H,13,15)(H,17,18). The first kappa shape index (κ1) is 10.8. The number of aromatic amines is 2. The van der Waals surface area contributed by atoms with Crippen LogP contribution in [-0.4, -0.2) is 25.7 Å². The smallest absolute Gasteiger partial charge is 0.345 e. The minimum absolute atomic E-state index is 0.0400. The van der Waals surface area contributed by atoms with Crippen LogP contribution < -0.4 is 11.1 Å². The zero-order valence-electron chi connectivity index (χ0n) is 9.45. The topological polar surface area (TPSA) is 107 Å². The van der Waals surface area contributed by atoms with Crippen molar-refractivity contribution in [2.75, 3.05) is 0 Å². The number of aryl methyl sites for hydroxylation is 1. The first-order valence-electron chi connectivity index (χ1n) is 5.71. The highest BCUT2D eigenvalue weighted by Crippen LogP contribution is 2.17. The normalized spacial score (nSPS) is 14.7. The fraction of sp³-hybridized carbons (Fsp3) is 0.364. The molecule has 18 heavy (non-hydrogen) atoms. The molecule has 94 valence electrons. The molecule has 0 saturated carbocycles. The van der Waals surface area contributed by atoms with Gasteiger partial charge >= 0.3 is 5.97 Å². The van der Waals surface area contributed by atoms with Gasteiger partial charge in [-0.2, -0.15) is 4.52 Å². The summed E-state index contributed by atoms with van der Waals surface area (Å²) in [5, 5.41) is 11.3. The molecule has 2 heterocycles. The number of carbonyl (C=O) groups is 1. The van der Waals surface area contributed by atoms with Crippen molar-refractivity contribution in [1.82, 2.24) is 14.6 Å². The van der Waals surface area contributed by atoms with Crippen molar-refractivity contribution < 1.29 is 9.90 Å². The fourth-order valence-electron chi connectivity index (χ4n) is 2.46. The Bertz CT molecular complexity index is 765. The molecule has 1 aliphatic carbocycles. The highest BCUT2D eigenvalue weighted by Gasteiger charge is 2.22. The summed E-state index contributed by atoms with van der Waals surface area (Å²) < 4.78 is 0.996. The van der Waals surface area contributed by atoms with Gasteiger partial charge in [-0.1, -0.05) is 0 Å². The monoisotopic (exact) mass is 249 g/mol. The number of nitrogens with one attached hydrogen (secondary N) is 2. The summed E-state index contributed by atoms with van der Waals surface area (Å²) in [4.78, 5) is 37.6. The van der Waals surface area contributed by atoms with Crippen LogP contribution in [0.5, 0.6) is 0 Å². The van der Waals surface area contributed by atoms with Crippen molar-refractivity contribution in [3.8, 4) is 0 Å². The molecular weight excluding hydrogens is 238 g/mol. The van der Waals surface area contributed by atoms with Crippen LogP contribution in [0.2, 0.25) is 0 Å². The number of hydrogen-bond acceptors (Lipinski definition) is 3. The average Bonchev–Trinajstić information content (AvgIpc) is 2.66. The van der Waals surface area contributed by atoms with Crippen molar-refractivity contribution in [2.24, 2.45) is 0 Å². The lowest BCUT2D eigenvalue weighted by molar-refractivity contribution is 0.0697. The molecule has 0 aromatic carbocycles. The van der Waals surface area contributed by atoms with Gasteiger partial charge in [0.25, 0.3) is 11.1 Å². The number of carboxylic acids is 1. The second-order valence-corrected chi connectivity index (χ2v) is 4.40. The SMILES string of the molecule is O=C(O)c1c(=O)[nH]n2c(=O)c3c([nH]c12)CCCC3. The number of nitrogens with zero attached hydrogens (tertiary/aromatic N) is 1. The Balaban J connectivity index is 2.46. The second kappa shape index (κ2) is 3.59. The van der Waals surface area contributed by atoms with Gasteiger partial charge in [0.2, 0.25) is 0 Å². The van der Waals surface area contributed by atoms with E-state index in [4.69, 9.17) is 5.11 Å². The molecule has 7 nitrogen and oxygen atoms in total. The van der Waals surface area contributed by atoms with E-state index in [2.05, 4.69) is 10.1 Å². The molecule has 0 fully saturated rings. The summed E-state index contributed by atoms with van der Waals surface area (Å²) in [6, 6.07) is 0. The lowest BCUT2D eigenvalue weighted by Gasteiger charge is -2.14. The van der Waals surface area contributed by atoms with Crippen LogP contribution in [0.3, 0.4) is 0 Å². The summed E-state index contributed by atoms with van der Waals surface area (Å²) in [6.07, 6.45) is 3.25. The molecule has 2 aromatic heterocycles. The third-order valence-corrected chi connectivity index (χ3v) is 3.31. The number of aromatic nitrogens is 3. The van der Waals surface area contributed by atoms with E-state index in [0.717, 1.165) is 23.1 Å². The maximum atomic E-state index is 12.1. The second-order valence-electron chi connectivity index (χ2n) is 4.40. The van der Waals surface area contributed by atoms with Gasteiger partial charge < -0.3 is 10.1 Å². The van der Waals surface area contributed by atoms with Crippen LogP contribution in [0.15, 0.2) is 9.59 Å². The van der Waals surface area contributed by atoms with Crippen LogP contribution in [-0.2, 0) is 12.8 Å². The van der Waals surface area contributed by atoms with Crippen molar-refractivity contribution in [3.05, 3.63) is 37.5 Å². The lowest BCUT2D eigenvalue weighted by Crippen LogP contribution is -2.25. The van der Waals surface area contributed by atoms with Gasteiger partial charge in [-0.05, 0) is 25.7 Å². The predicted molar refractivity (Wildman–Crippen MR) is 62.2 cm³/mol. The molecule has 0 aliphatic heterocycles. The van der Waals surface area contributed by atoms with Gasteiger partial charge in [0.1, 0.15) is 0 Å². The van der Waals surface area contributed by atoms with Gasteiger partial charge in [-0.15, -0.1) is 0 Å². The highest BCUT2D eigenvalue weighted by atomic mass is 16.4. The molecule has 3 N–H and O–H groups in total. The first-order chi connectivity index (χ1) is 8.59. The zero-order valence-corrected chi connectivity index (χ0v) is 9.45. The molecular formula is C11H11N3O4. The molecule has 3 rings (SSSR count). The van der Waals surface area contributed by atoms with E-state index in [9.17, 15) is 14.4 Å². The Hall–Kier alpha value is -2.31. The quantitative estimate of drug-likeness (QED) is 0.655. The largest absolute Gasteiger partial charge is 0.477 e. The van der Waals surface area contributed by atoms with Gasteiger partial charge in [0.05, 0.1) is 0 Å². The average molecular weight is 249 g/mol. The Morgan fingerprint density at radius 1 is 1.22 bits per heavy atom. The molecule has 7 heteroatoms. The Kier molecular flexibility index (Phi) is 2.16. The number of carboxylic acid groups (broad SMARTS) is 1. The molecule has 0 atom stereocenters. The molecule has 0 bridgehead atoms. The van der Waals surface area contributed by atoms with E-state index in [1.807, 2.05) is 0 Å². The number of H-pyrrole nitrogens is 2. The number of rotatable bonds is 1. The molecule has 0 amide bonds. The van der Waals surface area contributed by atoms with Gasteiger partial charge in [0, 0.05) is 11.3 Å². The van der Waals surface area contributed by atoms with Crippen molar-refractivity contribution in [1.29, 1.82) is 0 Å². The number of fused-ring (bicyclic) bond motifs is 2. The summed E-state index contributed by atoms with van der Waals surface area (Å²) in [5.41, 5.74) is -0.0930. The van der Waals surface area contributed by atoms with E-state index in [1.54, 1.807) is 0 Å². The molecule has 0 radical (unpaired) electrons. The highest BCUT2D eigenvalue weighted by molar-refractivity contribution is 5.93. The third-order valence-electron chi connectivity index (χ3n) is 3.31. The Morgan fingerprint density at radius 3 is 2.67 bits per heavy atom. The van der Waals surface area contributed by atoms with Crippen molar-refractivity contribution >= 4 is 11.6 Å². The summed E-state index contributed by atoms with van der Waals surface area (Å²) in [6.45, 7) is 0. The molecule has 0 unspecified atom stereocenters. The van der Waals surface area contributed by atoms with E-state index in [-0.39, 0.29) is 11.2 Å². The number of aromatic carboxylic acids is 1. The summed E-state index contributed by atoms with van der Waals surface area (Å²) in [5.74, 6) is -1.34. The van der Waals surface area contributed by atoms with E-state index in [0.29, 0.717) is 18.4 Å². The maximum absolute atomic E-state index is 12.1. The van der Waals surface area contributed by atoms with Crippen LogP contribution in [0.4, 0.5) is 0 Å². The fourth-order valence-corrected chi connectivity index (χ4v) is 2.46. The summed E-state index contributed by atoms with van der Waals surface area (Å²) >= 11 is 0. The van der Waals surface area contributed by atoms with Crippen molar-refractivity contribution in [3.63, 3.8) is 0 Å². The van der Waals surface area contributed by atoms with Gasteiger partial charge in [-0.3, -0.25) is 14.7 Å². The number of hydrogen-bond donors (Lipinski definition) is 3. The van der Waals surface area contributed by atoms with Crippen LogP contribution in [0.1, 0.15) is 34.5 Å². The summed E-state index contributed by atoms with van der Waals surface area (Å²) in [7, 11) is 0. The van der Waals surface area contributed by atoms with Crippen LogP contribution >= 0.6 is 0 Å². The van der Waals surface area contributed by atoms with Crippen molar-refractivity contribution in [2.45, 2.75) is 25.7 Å². The predicted octanol–water partition coefficient (Wildman–Crippen LogP) is -0.107. The zero-order chi connectivity index (χ0) is 12.9. The first-order valence-corrected chi connectivity index (χ1v) is 5.71. The Morgan fingerprint density at radius 2 is 1.94 bits per heavy atom. The molecule has 2 aromatic rings. The van der Waals surface area contributed by atoms with E-state index >= 15 is 0 Å². The van der Waals surface area contributed by atoms with Gasteiger partial charge in [0.15, 0.2) is 11.2 Å². The van der Waals surface area contributed by atoms with E-state index < -0.39 is 17.1 Å². The van der Waals surface area contributed by atoms with Crippen LogP contribution in [0, 0.1) is 0 Å². The van der Waals surface area contributed by atoms with Gasteiger partial charge in [-0.25, -0.2) is 4.79 Å². The third kappa shape index (κ3) is 1.33. The van der Waals surface area contributed by atoms with E-state index in [1.165, 1.54) is 0 Å². The molecule has 1 aliphatic rings. The van der Waals surface area contributed by atoms with Crippen LogP contribution in [0.25, 0.3) is 5.65 Å². The minimum atomic E-state index is -1.34. The maximum Gasteiger partial charge on any atom is 0.345 e. The molecule has 0 spiro atoms. The molecule has 0 saturated heterocycles. The minimum Gasteiger partial charge on any atom is -0.477 e.